The van der Waals surface area contributed by atoms with Crippen molar-refractivity contribution in [2.45, 2.75) is 19.3 Å². The maximum absolute atomic E-state index is 12.9. The first kappa shape index (κ1) is 15.5. The van der Waals surface area contributed by atoms with Crippen LogP contribution in [-0.4, -0.2) is 30.5 Å². The van der Waals surface area contributed by atoms with Gasteiger partial charge in [0, 0.05) is 25.8 Å². The minimum Gasteiger partial charge on any atom is -0.356 e. The zero-order chi connectivity index (χ0) is 16.1. The van der Waals surface area contributed by atoms with E-state index in [1.165, 1.54) is 12.1 Å². The number of carbonyl (C=O) groups excluding carboxylic acids is 1. The lowest BCUT2D eigenvalue weighted by atomic mass is 10.1. The first-order chi connectivity index (χ1) is 11.2. The number of pyridine rings is 1. The quantitative estimate of drug-likeness (QED) is 0.923. The number of rotatable bonds is 5. The zero-order valence-corrected chi connectivity index (χ0v) is 13.0. The van der Waals surface area contributed by atoms with Gasteiger partial charge in [-0.25, -0.2) is 9.37 Å². The SMILES string of the molecule is O=C(NCCc1ccc(F)cc1)c1cccnc1N1CCCC1. The van der Waals surface area contributed by atoms with Crippen LogP contribution in [0.5, 0.6) is 0 Å². The standard InChI is InChI=1S/C18H20FN3O/c19-15-7-5-14(6-8-15)9-11-21-18(23)16-4-3-10-20-17(16)22-12-1-2-13-22/h3-8,10H,1-2,9,11-13H2,(H,21,23). The highest BCUT2D eigenvalue weighted by atomic mass is 19.1. The van der Waals surface area contributed by atoms with Gasteiger partial charge in [-0.05, 0) is 49.1 Å². The topological polar surface area (TPSA) is 45.2 Å². The van der Waals surface area contributed by atoms with Crippen LogP contribution in [0.4, 0.5) is 10.2 Å². The van der Waals surface area contributed by atoms with Crippen molar-refractivity contribution < 1.29 is 9.18 Å². The Bertz CT molecular complexity index is 666. The maximum atomic E-state index is 12.9. The Kier molecular flexibility index (Phi) is 4.86. The minimum atomic E-state index is -0.247. The van der Waals surface area contributed by atoms with Gasteiger partial charge in [0.05, 0.1) is 5.56 Å². The highest BCUT2D eigenvalue weighted by molar-refractivity contribution is 5.98. The van der Waals surface area contributed by atoms with Crippen LogP contribution in [0.2, 0.25) is 0 Å². The first-order valence-corrected chi connectivity index (χ1v) is 7.96. The van der Waals surface area contributed by atoms with E-state index in [4.69, 9.17) is 0 Å². The van der Waals surface area contributed by atoms with Gasteiger partial charge in [0.15, 0.2) is 0 Å². The van der Waals surface area contributed by atoms with Crippen molar-refractivity contribution in [3.8, 4) is 0 Å². The summed E-state index contributed by atoms with van der Waals surface area (Å²) >= 11 is 0. The molecule has 1 fully saturated rings. The third-order valence-electron chi connectivity index (χ3n) is 4.05. The Morgan fingerprint density at radius 1 is 1.17 bits per heavy atom. The molecule has 0 spiro atoms. The zero-order valence-electron chi connectivity index (χ0n) is 13.0. The maximum Gasteiger partial charge on any atom is 0.255 e. The number of halogens is 1. The number of carbonyl (C=O) groups is 1. The van der Waals surface area contributed by atoms with Crippen molar-refractivity contribution in [3.63, 3.8) is 0 Å². The fourth-order valence-corrected chi connectivity index (χ4v) is 2.82. The van der Waals surface area contributed by atoms with Crippen LogP contribution in [0.25, 0.3) is 0 Å². The van der Waals surface area contributed by atoms with Gasteiger partial charge in [-0.1, -0.05) is 12.1 Å². The Morgan fingerprint density at radius 2 is 1.91 bits per heavy atom. The smallest absolute Gasteiger partial charge is 0.255 e. The second kappa shape index (κ2) is 7.22. The Hall–Kier alpha value is -2.43. The highest BCUT2D eigenvalue weighted by Gasteiger charge is 2.20. The summed E-state index contributed by atoms with van der Waals surface area (Å²) in [7, 11) is 0. The lowest BCUT2D eigenvalue weighted by Crippen LogP contribution is -2.29. The Balaban J connectivity index is 1.61. The number of hydrogen-bond donors (Lipinski definition) is 1. The summed E-state index contributed by atoms with van der Waals surface area (Å²) in [4.78, 5) is 19.0. The molecule has 120 valence electrons. The van der Waals surface area contributed by atoms with Gasteiger partial charge in [-0.2, -0.15) is 0 Å². The van der Waals surface area contributed by atoms with E-state index in [2.05, 4.69) is 15.2 Å². The third kappa shape index (κ3) is 3.86. The van der Waals surface area contributed by atoms with Gasteiger partial charge in [-0.15, -0.1) is 0 Å². The molecule has 2 aromatic rings. The van der Waals surface area contributed by atoms with Gasteiger partial charge >= 0.3 is 0 Å². The minimum absolute atomic E-state index is 0.109. The molecule has 5 heteroatoms. The van der Waals surface area contributed by atoms with E-state index < -0.39 is 0 Å². The number of hydrogen-bond acceptors (Lipinski definition) is 3. The summed E-state index contributed by atoms with van der Waals surface area (Å²) < 4.78 is 12.9. The molecule has 23 heavy (non-hydrogen) atoms. The molecular weight excluding hydrogens is 293 g/mol. The lowest BCUT2D eigenvalue weighted by Gasteiger charge is -2.19. The van der Waals surface area contributed by atoms with E-state index in [0.29, 0.717) is 18.5 Å². The van der Waals surface area contributed by atoms with Gasteiger partial charge in [0.1, 0.15) is 11.6 Å². The summed E-state index contributed by atoms with van der Waals surface area (Å²) in [6.45, 7) is 2.42. The molecule has 4 nitrogen and oxygen atoms in total. The van der Waals surface area contributed by atoms with Crippen LogP contribution >= 0.6 is 0 Å². The summed E-state index contributed by atoms with van der Waals surface area (Å²) in [5.41, 5.74) is 1.62. The van der Waals surface area contributed by atoms with Crippen LogP contribution in [0.15, 0.2) is 42.6 Å². The van der Waals surface area contributed by atoms with Crippen LogP contribution < -0.4 is 10.2 Å². The number of amides is 1. The van der Waals surface area contributed by atoms with E-state index in [-0.39, 0.29) is 11.7 Å². The molecule has 0 atom stereocenters. The van der Waals surface area contributed by atoms with Gasteiger partial charge in [0.25, 0.3) is 5.91 Å². The predicted molar refractivity (Wildman–Crippen MR) is 88.1 cm³/mol. The fourth-order valence-electron chi connectivity index (χ4n) is 2.82. The number of anilines is 1. The second-order valence-corrected chi connectivity index (χ2v) is 5.70. The largest absolute Gasteiger partial charge is 0.356 e. The van der Waals surface area contributed by atoms with E-state index in [1.54, 1.807) is 24.4 Å². The van der Waals surface area contributed by atoms with Crippen LogP contribution in [-0.2, 0) is 6.42 Å². The van der Waals surface area contributed by atoms with Crippen LogP contribution in [0.1, 0.15) is 28.8 Å². The fraction of sp³-hybridized carbons (Fsp3) is 0.333. The van der Waals surface area contributed by atoms with Crippen molar-refractivity contribution in [2.24, 2.45) is 0 Å². The molecule has 0 aliphatic carbocycles. The first-order valence-electron chi connectivity index (χ1n) is 7.96. The van der Waals surface area contributed by atoms with E-state index in [1.807, 2.05) is 6.07 Å². The second-order valence-electron chi connectivity index (χ2n) is 5.70. The highest BCUT2D eigenvalue weighted by Crippen LogP contribution is 2.21. The predicted octanol–water partition coefficient (Wildman–Crippen LogP) is 2.79. The van der Waals surface area contributed by atoms with Crippen molar-refractivity contribution in [1.29, 1.82) is 0 Å². The van der Waals surface area contributed by atoms with Crippen LogP contribution in [0, 0.1) is 5.82 Å². The van der Waals surface area contributed by atoms with Crippen molar-refractivity contribution >= 4 is 11.7 Å². The molecule has 0 unspecified atom stereocenters. The van der Waals surface area contributed by atoms with E-state index >= 15 is 0 Å². The molecule has 0 bridgehead atoms. The van der Waals surface area contributed by atoms with Crippen molar-refractivity contribution in [3.05, 3.63) is 59.5 Å². The van der Waals surface area contributed by atoms with Gasteiger partial charge < -0.3 is 10.2 Å². The molecule has 1 aromatic heterocycles. The monoisotopic (exact) mass is 313 g/mol. The normalized spacial score (nSPS) is 14.0. The summed E-state index contributed by atoms with van der Waals surface area (Å²) in [6, 6.07) is 9.94. The molecule has 3 rings (SSSR count). The molecule has 1 aliphatic heterocycles. The molecular formula is C18H20FN3O. The van der Waals surface area contributed by atoms with Gasteiger partial charge in [-0.3, -0.25) is 4.79 Å². The van der Waals surface area contributed by atoms with E-state index in [0.717, 1.165) is 37.3 Å². The molecule has 1 aliphatic rings. The number of benzene rings is 1. The summed E-state index contributed by atoms with van der Waals surface area (Å²) in [6.07, 6.45) is 4.68. The average Bonchev–Trinajstić information content (AvgIpc) is 3.11. The average molecular weight is 313 g/mol. The molecule has 1 saturated heterocycles. The number of nitrogens with one attached hydrogen (secondary N) is 1. The molecule has 1 aromatic carbocycles. The number of aromatic nitrogens is 1. The summed E-state index contributed by atoms with van der Waals surface area (Å²) in [5, 5.41) is 2.93. The Labute approximate surface area is 135 Å². The molecule has 1 amide bonds. The number of nitrogens with zero attached hydrogens (tertiary/aromatic N) is 2. The van der Waals surface area contributed by atoms with Gasteiger partial charge in [0.2, 0.25) is 0 Å². The molecule has 0 radical (unpaired) electrons. The molecule has 1 N–H and O–H groups in total. The molecule has 0 saturated carbocycles. The molecule has 2 heterocycles. The van der Waals surface area contributed by atoms with E-state index in [9.17, 15) is 9.18 Å². The van der Waals surface area contributed by atoms with Crippen LogP contribution in [0.3, 0.4) is 0 Å². The van der Waals surface area contributed by atoms with Crippen molar-refractivity contribution in [2.75, 3.05) is 24.5 Å². The lowest BCUT2D eigenvalue weighted by molar-refractivity contribution is 0.0954. The third-order valence-corrected chi connectivity index (χ3v) is 4.05. The van der Waals surface area contributed by atoms with Crippen molar-refractivity contribution in [1.82, 2.24) is 10.3 Å². The Morgan fingerprint density at radius 3 is 2.65 bits per heavy atom. The summed E-state index contributed by atoms with van der Waals surface area (Å²) in [5.74, 6) is 0.412.